The molecule has 94 valence electrons. The van der Waals surface area contributed by atoms with E-state index in [-0.39, 0.29) is 5.82 Å². The quantitative estimate of drug-likeness (QED) is 0.782. The van der Waals surface area contributed by atoms with Gasteiger partial charge in [0.25, 0.3) is 0 Å². The van der Waals surface area contributed by atoms with Gasteiger partial charge in [0.15, 0.2) is 0 Å². The molecule has 1 unspecified atom stereocenters. The fourth-order valence-corrected chi connectivity index (χ4v) is 1.52. The highest BCUT2D eigenvalue weighted by atomic mass is 32.2. The van der Waals surface area contributed by atoms with Crippen molar-refractivity contribution in [2.24, 2.45) is 0 Å². The van der Waals surface area contributed by atoms with Crippen LogP contribution in [0.1, 0.15) is 24.0 Å². The lowest BCUT2D eigenvalue weighted by atomic mass is 10.3. The second-order valence-corrected chi connectivity index (χ2v) is 4.79. The van der Waals surface area contributed by atoms with E-state index in [1.165, 1.54) is 7.11 Å². The minimum absolute atomic E-state index is 0.0791. The number of aromatic nitrogens is 2. The highest BCUT2D eigenvalue weighted by Gasteiger charge is 2.09. The molecule has 6 heteroatoms. The number of rotatable bonds is 6. The molecule has 0 amide bonds. The molecule has 5 nitrogen and oxygen atoms in total. The first-order valence-electron chi connectivity index (χ1n) is 5.35. The molecule has 0 saturated heterocycles. The molecule has 0 spiro atoms. The standard InChI is InChI=1S/C11H17N3O2S/c1-8(17-3)4-6-12-9-5-7-13-10(14-9)11(15)16-2/h5,7-8H,4,6H2,1-3H3,(H,12,13,14). The number of ether oxygens (including phenoxy) is 1. The second-order valence-electron chi connectivity index (χ2n) is 3.52. The van der Waals surface area contributed by atoms with E-state index in [9.17, 15) is 4.79 Å². The third kappa shape index (κ3) is 4.60. The highest BCUT2D eigenvalue weighted by Crippen LogP contribution is 2.10. The zero-order valence-electron chi connectivity index (χ0n) is 10.3. The Balaban J connectivity index is 2.51. The number of nitrogens with zero attached hydrogens (tertiary/aromatic N) is 2. The molecule has 1 N–H and O–H groups in total. The maximum absolute atomic E-state index is 11.2. The zero-order chi connectivity index (χ0) is 12.7. The van der Waals surface area contributed by atoms with Crippen LogP contribution in [0, 0.1) is 0 Å². The Morgan fingerprint density at radius 2 is 2.41 bits per heavy atom. The average Bonchev–Trinajstić information content (AvgIpc) is 2.38. The molecule has 0 aliphatic carbocycles. The minimum atomic E-state index is -0.522. The summed E-state index contributed by atoms with van der Waals surface area (Å²) in [7, 11) is 1.31. The average molecular weight is 255 g/mol. The van der Waals surface area contributed by atoms with E-state index in [4.69, 9.17) is 0 Å². The monoisotopic (exact) mass is 255 g/mol. The predicted octanol–water partition coefficient (Wildman–Crippen LogP) is 1.82. The zero-order valence-corrected chi connectivity index (χ0v) is 11.1. The number of nitrogens with one attached hydrogen (secondary N) is 1. The van der Waals surface area contributed by atoms with Crippen LogP contribution in [-0.4, -0.2) is 41.1 Å². The maximum atomic E-state index is 11.2. The summed E-state index contributed by atoms with van der Waals surface area (Å²) < 4.78 is 4.56. The molecule has 0 aromatic carbocycles. The number of hydrogen-bond acceptors (Lipinski definition) is 6. The van der Waals surface area contributed by atoms with E-state index in [0.717, 1.165) is 13.0 Å². The lowest BCUT2D eigenvalue weighted by Crippen LogP contribution is -2.12. The molecule has 1 atom stereocenters. The minimum Gasteiger partial charge on any atom is -0.463 e. The highest BCUT2D eigenvalue weighted by molar-refractivity contribution is 7.99. The number of esters is 1. The van der Waals surface area contributed by atoms with Gasteiger partial charge in [-0.1, -0.05) is 6.92 Å². The molecular weight excluding hydrogens is 238 g/mol. The van der Waals surface area contributed by atoms with Gasteiger partial charge in [0, 0.05) is 18.0 Å². The summed E-state index contributed by atoms with van der Waals surface area (Å²) in [6.07, 6.45) is 4.67. The van der Waals surface area contributed by atoms with Gasteiger partial charge in [0.1, 0.15) is 5.82 Å². The Morgan fingerprint density at radius 1 is 1.65 bits per heavy atom. The summed E-state index contributed by atoms with van der Waals surface area (Å²) in [4.78, 5) is 19.1. The van der Waals surface area contributed by atoms with E-state index >= 15 is 0 Å². The van der Waals surface area contributed by atoms with E-state index in [1.54, 1.807) is 12.3 Å². The maximum Gasteiger partial charge on any atom is 0.376 e. The van der Waals surface area contributed by atoms with Crippen molar-refractivity contribution in [3.63, 3.8) is 0 Å². The van der Waals surface area contributed by atoms with Gasteiger partial charge in [-0.3, -0.25) is 0 Å². The Hall–Kier alpha value is -1.30. The number of carbonyl (C=O) groups is 1. The molecule has 0 saturated carbocycles. The summed E-state index contributed by atoms with van der Waals surface area (Å²) in [5.74, 6) is 0.204. The topological polar surface area (TPSA) is 64.1 Å². The van der Waals surface area contributed by atoms with Gasteiger partial charge in [0.2, 0.25) is 5.82 Å². The third-order valence-electron chi connectivity index (χ3n) is 2.28. The molecule has 0 bridgehead atoms. The number of methoxy groups -OCH3 is 1. The van der Waals surface area contributed by atoms with E-state index in [1.807, 2.05) is 11.8 Å². The van der Waals surface area contributed by atoms with Crippen molar-refractivity contribution >= 4 is 23.5 Å². The van der Waals surface area contributed by atoms with Gasteiger partial charge < -0.3 is 10.1 Å². The van der Waals surface area contributed by atoms with Crippen molar-refractivity contribution in [1.82, 2.24) is 9.97 Å². The summed E-state index contributed by atoms with van der Waals surface area (Å²) in [5.41, 5.74) is 0. The molecule has 0 aliphatic heterocycles. The van der Waals surface area contributed by atoms with Gasteiger partial charge in [0.05, 0.1) is 7.11 Å². The first kappa shape index (κ1) is 13.8. The van der Waals surface area contributed by atoms with Crippen molar-refractivity contribution in [1.29, 1.82) is 0 Å². The Morgan fingerprint density at radius 3 is 3.06 bits per heavy atom. The summed E-state index contributed by atoms with van der Waals surface area (Å²) in [5, 5.41) is 3.76. The Kier molecular flexibility index (Phi) is 5.76. The molecule has 17 heavy (non-hydrogen) atoms. The number of hydrogen-bond donors (Lipinski definition) is 1. The van der Waals surface area contributed by atoms with E-state index < -0.39 is 5.97 Å². The molecule has 0 fully saturated rings. The summed E-state index contributed by atoms with van der Waals surface area (Å²) in [6.45, 7) is 2.99. The van der Waals surface area contributed by atoms with Crippen molar-refractivity contribution in [3.8, 4) is 0 Å². The van der Waals surface area contributed by atoms with Gasteiger partial charge in [-0.15, -0.1) is 0 Å². The van der Waals surface area contributed by atoms with Crippen molar-refractivity contribution in [2.75, 3.05) is 25.2 Å². The molecule has 1 aromatic rings. The molecule has 1 aromatic heterocycles. The normalized spacial score (nSPS) is 11.9. The number of thioether (sulfide) groups is 1. The van der Waals surface area contributed by atoms with Gasteiger partial charge >= 0.3 is 5.97 Å². The Labute approximate surface area is 105 Å². The van der Waals surface area contributed by atoms with E-state index in [0.29, 0.717) is 11.1 Å². The fraction of sp³-hybridized carbons (Fsp3) is 0.545. The SMILES string of the molecule is COC(=O)c1nccc(NCCC(C)SC)n1. The van der Waals surface area contributed by atoms with Crippen LogP contribution >= 0.6 is 11.8 Å². The van der Waals surface area contributed by atoms with Crippen LogP contribution in [0.3, 0.4) is 0 Å². The van der Waals surface area contributed by atoms with Crippen LogP contribution in [0.15, 0.2) is 12.3 Å². The largest absolute Gasteiger partial charge is 0.463 e. The summed E-state index contributed by atoms with van der Waals surface area (Å²) in [6, 6.07) is 1.73. The van der Waals surface area contributed by atoms with Crippen LogP contribution in [0.5, 0.6) is 0 Å². The molecular formula is C11H17N3O2S. The lowest BCUT2D eigenvalue weighted by Gasteiger charge is -2.09. The number of anilines is 1. The molecule has 1 rings (SSSR count). The molecule has 0 radical (unpaired) electrons. The first-order chi connectivity index (χ1) is 8.17. The van der Waals surface area contributed by atoms with Gasteiger partial charge in [-0.25, -0.2) is 14.8 Å². The van der Waals surface area contributed by atoms with Gasteiger partial charge in [-0.2, -0.15) is 11.8 Å². The van der Waals surface area contributed by atoms with Gasteiger partial charge in [-0.05, 0) is 18.7 Å². The van der Waals surface area contributed by atoms with Crippen LogP contribution < -0.4 is 5.32 Å². The van der Waals surface area contributed by atoms with E-state index in [2.05, 4.69) is 33.2 Å². The predicted molar refractivity (Wildman–Crippen MR) is 69.5 cm³/mol. The number of carbonyl (C=O) groups excluding carboxylic acids is 1. The van der Waals surface area contributed by atoms with Crippen molar-refractivity contribution in [3.05, 3.63) is 18.1 Å². The van der Waals surface area contributed by atoms with Crippen molar-refractivity contribution < 1.29 is 9.53 Å². The molecule has 1 heterocycles. The second kappa shape index (κ2) is 7.11. The molecule has 0 aliphatic rings. The third-order valence-corrected chi connectivity index (χ3v) is 3.32. The summed E-state index contributed by atoms with van der Waals surface area (Å²) >= 11 is 1.82. The lowest BCUT2D eigenvalue weighted by molar-refractivity contribution is 0.0587. The van der Waals surface area contributed by atoms with Crippen LogP contribution in [-0.2, 0) is 4.74 Å². The van der Waals surface area contributed by atoms with Crippen LogP contribution in [0.2, 0.25) is 0 Å². The fourth-order valence-electron chi connectivity index (χ4n) is 1.17. The van der Waals surface area contributed by atoms with Crippen LogP contribution in [0.4, 0.5) is 5.82 Å². The first-order valence-corrected chi connectivity index (χ1v) is 6.64. The Bertz CT molecular complexity index is 373. The van der Waals surface area contributed by atoms with Crippen LogP contribution in [0.25, 0.3) is 0 Å². The van der Waals surface area contributed by atoms with Crippen molar-refractivity contribution in [2.45, 2.75) is 18.6 Å². The smallest absolute Gasteiger partial charge is 0.376 e.